The molecule has 0 amide bonds. The Labute approximate surface area is 110 Å². The maximum atomic E-state index is 11.3. The summed E-state index contributed by atoms with van der Waals surface area (Å²) < 4.78 is 22.6. The van der Waals surface area contributed by atoms with Gasteiger partial charge in [0.25, 0.3) is 0 Å². The van der Waals surface area contributed by atoms with Crippen molar-refractivity contribution >= 4 is 15.5 Å². The minimum atomic E-state index is -3.10. The van der Waals surface area contributed by atoms with Gasteiger partial charge in [-0.2, -0.15) is 0 Å². The summed E-state index contributed by atoms with van der Waals surface area (Å²) in [5, 5.41) is 3.35. The molecule has 0 aliphatic rings. The fourth-order valence-corrected chi connectivity index (χ4v) is 2.35. The van der Waals surface area contributed by atoms with Gasteiger partial charge in [0.2, 0.25) is 0 Å². The molecule has 1 unspecified atom stereocenters. The summed E-state index contributed by atoms with van der Waals surface area (Å²) in [4.78, 5) is 0.354. The van der Waals surface area contributed by atoms with E-state index in [0.29, 0.717) is 10.9 Å². The smallest absolute Gasteiger partial charge is 0.175 e. The molecule has 3 nitrogen and oxygen atoms in total. The summed E-state index contributed by atoms with van der Waals surface area (Å²) in [7, 11) is -3.10. The van der Waals surface area contributed by atoms with E-state index in [9.17, 15) is 8.42 Å². The summed E-state index contributed by atoms with van der Waals surface area (Å²) in [6.45, 7) is 5.82. The van der Waals surface area contributed by atoms with E-state index in [-0.39, 0.29) is 0 Å². The predicted octanol–water partition coefficient (Wildman–Crippen LogP) is 3.25. The molecule has 0 aromatic heterocycles. The highest BCUT2D eigenvalue weighted by molar-refractivity contribution is 7.90. The van der Waals surface area contributed by atoms with Crippen LogP contribution in [-0.4, -0.2) is 20.7 Å². The normalized spacial score (nSPS) is 13.0. The number of allylic oxidation sites excluding steroid dienone is 1. The molecule has 100 valence electrons. The van der Waals surface area contributed by atoms with E-state index in [1.807, 2.05) is 6.08 Å². The topological polar surface area (TPSA) is 46.2 Å². The Morgan fingerprint density at radius 2 is 1.94 bits per heavy atom. The van der Waals surface area contributed by atoms with Gasteiger partial charge in [-0.3, -0.25) is 0 Å². The van der Waals surface area contributed by atoms with Crippen LogP contribution in [0, 0.1) is 0 Å². The van der Waals surface area contributed by atoms with Gasteiger partial charge in [0.1, 0.15) is 0 Å². The molecular formula is C14H21NO2S. The molecule has 4 heteroatoms. The van der Waals surface area contributed by atoms with E-state index in [4.69, 9.17) is 0 Å². The van der Waals surface area contributed by atoms with Crippen molar-refractivity contribution in [2.45, 2.75) is 37.1 Å². The first-order chi connectivity index (χ1) is 8.43. The molecule has 1 rings (SSSR count). The van der Waals surface area contributed by atoms with Crippen molar-refractivity contribution < 1.29 is 8.42 Å². The first-order valence-electron chi connectivity index (χ1n) is 6.11. The lowest BCUT2D eigenvalue weighted by molar-refractivity contribution is 0.602. The third-order valence-electron chi connectivity index (χ3n) is 2.74. The van der Waals surface area contributed by atoms with Crippen LogP contribution in [0.25, 0.3) is 0 Å². The van der Waals surface area contributed by atoms with E-state index >= 15 is 0 Å². The van der Waals surface area contributed by atoms with E-state index in [1.165, 1.54) is 6.26 Å². The van der Waals surface area contributed by atoms with Crippen LogP contribution in [0.15, 0.2) is 41.8 Å². The van der Waals surface area contributed by atoms with Gasteiger partial charge in [-0.15, -0.1) is 6.58 Å². The van der Waals surface area contributed by atoms with Crippen molar-refractivity contribution in [1.29, 1.82) is 0 Å². The lowest BCUT2D eigenvalue weighted by Gasteiger charge is -2.15. The third kappa shape index (κ3) is 4.92. The van der Waals surface area contributed by atoms with Gasteiger partial charge in [0, 0.05) is 18.0 Å². The Hall–Kier alpha value is -1.29. The quantitative estimate of drug-likeness (QED) is 0.609. The van der Waals surface area contributed by atoms with Crippen LogP contribution in [0.2, 0.25) is 0 Å². The molecule has 0 aliphatic heterocycles. The first kappa shape index (κ1) is 14.8. The number of benzene rings is 1. The lowest BCUT2D eigenvalue weighted by Crippen LogP contribution is -2.14. The van der Waals surface area contributed by atoms with Crippen molar-refractivity contribution in [3.63, 3.8) is 0 Å². The number of hydrogen-bond donors (Lipinski definition) is 1. The molecule has 0 saturated carbocycles. The van der Waals surface area contributed by atoms with Crippen molar-refractivity contribution in [2.24, 2.45) is 0 Å². The van der Waals surface area contributed by atoms with Crippen LogP contribution >= 0.6 is 0 Å². The molecule has 1 aromatic rings. The second kappa shape index (κ2) is 6.59. The Morgan fingerprint density at radius 3 is 2.44 bits per heavy atom. The molecule has 18 heavy (non-hydrogen) atoms. The molecule has 0 fully saturated rings. The first-order valence-corrected chi connectivity index (χ1v) is 8.00. The van der Waals surface area contributed by atoms with Gasteiger partial charge in [-0.05, 0) is 50.5 Å². The van der Waals surface area contributed by atoms with Gasteiger partial charge < -0.3 is 5.32 Å². The molecule has 0 saturated heterocycles. The SMILES string of the molecule is C=CCCCC(C)Nc1ccc(S(C)(=O)=O)cc1. The molecule has 0 aliphatic carbocycles. The molecule has 1 aromatic carbocycles. The van der Waals surface area contributed by atoms with Crippen LogP contribution in [0.5, 0.6) is 0 Å². The second-order valence-electron chi connectivity index (χ2n) is 4.56. The minimum absolute atomic E-state index is 0.354. The van der Waals surface area contributed by atoms with Crippen molar-refractivity contribution in [3.8, 4) is 0 Å². The van der Waals surface area contributed by atoms with Crippen molar-refractivity contribution in [2.75, 3.05) is 11.6 Å². The van der Waals surface area contributed by atoms with Crippen LogP contribution < -0.4 is 5.32 Å². The number of unbranched alkanes of at least 4 members (excludes halogenated alkanes) is 1. The van der Waals surface area contributed by atoms with Crippen LogP contribution in [0.3, 0.4) is 0 Å². The maximum absolute atomic E-state index is 11.3. The summed E-state index contributed by atoms with van der Waals surface area (Å²) in [5.74, 6) is 0. The Kier molecular flexibility index (Phi) is 5.41. The highest BCUT2D eigenvalue weighted by Gasteiger charge is 2.07. The van der Waals surface area contributed by atoms with Crippen LogP contribution in [0.1, 0.15) is 26.2 Å². The number of anilines is 1. The molecule has 1 N–H and O–H groups in total. The lowest BCUT2D eigenvalue weighted by atomic mass is 10.1. The maximum Gasteiger partial charge on any atom is 0.175 e. The third-order valence-corrected chi connectivity index (χ3v) is 3.87. The summed E-state index contributed by atoms with van der Waals surface area (Å²) in [5.41, 5.74) is 0.952. The monoisotopic (exact) mass is 267 g/mol. The Morgan fingerprint density at radius 1 is 1.33 bits per heavy atom. The zero-order valence-electron chi connectivity index (χ0n) is 11.0. The number of nitrogens with one attached hydrogen (secondary N) is 1. The zero-order valence-corrected chi connectivity index (χ0v) is 11.8. The van der Waals surface area contributed by atoms with E-state index in [0.717, 1.165) is 24.9 Å². The fraction of sp³-hybridized carbons (Fsp3) is 0.429. The fourth-order valence-electron chi connectivity index (χ4n) is 1.72. The summed E-state index contributed by atoms with van der Waals surface area (Å²) in [6, 6.07) is 7.25. The van der Waals surface area contributed by atoms with Gasteiger partial charge in [0.15, 0.2) is 9.84 Å². The number of sulfone groups is 1. The van der Waals surface area contributed by atoms with Crippen LogP contribution in [-0.2, 0) is 9.84 Å². The molecule has 1 atom stereocenters. The van der Waals surface area contributed by atoms with Gasteiger partial charge in [0.05, 0.1) is 4.90 Å². The van der Waals surface area contributed by atoms with Crippen LogP contribution in [0.4, 0.5) is 5.69 Å². The molecular weight excluding hydrogens is 246 g/mol. The minimum Gasteiger partial charge on any atom is -0.383 e. The summed E-state index contributed by atoms with van der Waals surface area (Å²) >= 11 is 0. The average Bonchev–Trinajstić information content (AvgIpc) is 2.29. The summed E-state index contributed by atoms with van der Waals surface area (Å²) in [6.07, 6.45) is 6.35. The number of rotatable bonds is 7. The highest BCUT2D eigenvalue weighted by Crippen LogP contribution is 2.15. The molecule has 0 radical (unpaired) electrons. The average molecular weight is 267 g/mol. The van der Waals surface area contributed by atoms with Crippen molar-refractivity contribution in [3.05, 3.63) is 36.9 Å². The van der Waals surface area contributed by atoms with Crippen molar-refractivity contribution in [1.82, 2.24) is 0 Å². The van der Waals surface area contributed by atoms with Gasteiger partial charge in [-0.25, -0.2) is 8.42 Å². The highest BCUT2D eigenvalue weighted by atomic mass is 32.2. The molecule has 0 heterocycles. The Bertz CT molecular complexity index is 477. The second-order valence-corrected chi connectivity index (χ2v) is 6.58. The predicted molar refractivity (Wildman–Crippen MR) is 76.7 cm³/mol. The molecule has 0 bridgehead atoms. The Balaban J connectivity index is 2.56. The largest absolute Gasteiger partial charge is 0.383 e. The van der Waals surface area contributed by atoms with E-state index in [2.05, 4.69) is 18.8 Å². The zero-order chi connectivity index (χ0) is 13.6. The van der Waals surface area contributed by atoms with E-state index < -0.39 is 9.84 Å². The van der Waals surface area contributed by atoms with Gasteiger partial charge in [-0.1, -0.05) is 6.08 Å². The molecule has 0 spiro atoms. The van der Waals surface area contributed by atoms with E-state index in [1.54, 1.807) is 24.3 Å². The standard InChI is InChI=1S/C14H21NO2S/c1-4-5-6-7-12(2)15-13-8-10-14(11-9-13)18(3,16)17/h4,8-12,15H,1,5-7H2,2-3H3. The number of hydrogen-bond acceptors (Lipinski definition) is 3. The van der Waals surface area contributed by atoms with Gasteiger partial charge >= 0.3 is 0 Å².